The second-order valence-corrected chi connectivity index (χ2v) is 3.16. The topological polar surface area (TPSA) is 34.1 Å². The third kappa shape index (κ3) is 0.663. The molecular formula is C4BrIO2. The summed E-state index contributed by atoms with van der Waals surface area (Å²) in [4.78, 5) is 20.6. The first-order valence-corrected chi connectivity index (χ1v) is 3.66. The molecule has 0 spiro atoms. The lowest BCUT2D eigenvalue weighted by Crippen LogP contribution is -2.34. The van der Waals surface area contributed by atoms with Gasteiger partial charge in [-0.25, -0.2) is 0 Å². The predicted octanol–water partition coefficient (Wildman–Crippen LogP) is 0.650. The Kier molecular flexibility index (Phi) is 1.53. The maximum Gasteiger partial charge on any atom is 0.242 e. The number of rotatable bonds is 0. The normalized spacial score (nSPS) is 10.2. The fraction of sp³-hybridized carbons (Fsp3) is 0. The predicted molar refractivity (Wildman–Crippen MR) is 41.8 cm³/mol. The van der Waals surface area contributed by atoms with E-state index in [9.17, 15) is 9.59 Å². The monoisotopic (exact) mass is 286 g/mol. The second-order valence-electron chi connectivity index (χ2n) is 1.29. The van der Waals surface area contributed by atoms with Gasteiger partial charge in [0.2, 0.25) is 10.9 Å². The minimum atomic E-state index is -0.408. The minimum absolute atomic E-state index is 0.377. The van der Waals surface area contributed by atoms with Crippen molar-refractivity contribution in [1.29, 1.82) is 0 Å². The second kappa shape index (κ2) is 1.91. The number of hydrogen-bond donors (Lipinski definition) is 0. The molecule has 1 aromatic carbocycles. The van der Waals surface area contributed by atoms with Crippen LogP contribution in [-0.2, 0) is 0 Å². The first-order valence-electron chi connectivity index (χ1n) is 1.79. The van der Waals surface area contributed by atoms with Crippen LogP contribution >= 0.6 is 38.5 Å². The van der Waals surface area contributed by atoms with Crippen LogP contribution in [0, 0.1) is 3.57 Å². The van der Waals surface area contributed by atoms with Gasteiger partial charge in [-0.2, -0.15) is 0 Å². The van der Waals surface area contributed by atoms with E-state index in [1.54, 1.807) is 0 Å². The molecule has 0 unspecified atom stereocenters. The lowest BCUT2D eigenvalue weighted by Gasteiger charge is -1.91. The zero-order valence-corrected chi connectivity index (χ0v) is 7.32. The molecule has 0 aromatic heterocycles. The molecule has 0 N–H and O–H groups in total. The summed E-state index contributed by atoms with van der Waals surface area (Å²) in [5, 5.41) is 0. The average molecular weight is 287 g/mol. The first kappa shape index (κ1) is 6.41. The summed E-state index contributed by atoms with van der Waals surface area (Å²) < 4.78 is 0.927. The van der Waals surface area contributed by atoms with Crippen molar-refractivity contribution in [3.05, 3.63) is 28.5 Å². The van der Waals surface area contributed by atoms with Crippen molar-refractivity contribution in [2.24, 2.45) is 0 Å². The fourth-order valence-electron chi connectivity index (χ4n) is 0.336. The molecule has 1 aromatic rings. The van der Waals surface area contributed by atoms with Crippen LogP contribution in [0.1, 0.15) is 0 Å². The molecule has 0 aliphatic rings. The summed E-state index contributed by atoms with van der Waals surface area (Å²) in [5.41, 5.74) is -0.785. The highest BCUT2D eigenvalue weighted by atomic mass is 127. The van der Waals surface area contributed by atoms with E-state index in [4.69, 9.17) is 0 Å². The summed E-state index contributed by atoms with van der Waals surface area (Å²) >= 11 is 4.76. The Hall–Kier alpha value is 0.290. The maximum absolute atomic E-state index is 10.3. The molecule has 0 fully saturated rings. The van der Waals surface area contributed by atoms with Gasteiger partial charge in [-0.15, -0.1) is 0 Å². The standard InChI is InChI=1S/C4BrIO2/c5-1-2(6)4(8)3(1)7. The van der Waals surface area contributed by atoms with E-state index in [2.05, 4.69) is 15.9 Å². The van der Waals surface area contributed by atoms with E-state index in [0.29, 0.717) is 8.04 Å². The van der Waals surface area contributed by atoms with Crippen LogP contribution in [0.3, 0.4) is 0 Å². The van der Waals surface area contributed by atoms with Crippen molar-refractivity contribution in [2.75, 3.05) is 0 Å². The van der Waals surface area contributed by atoms with Gasteiger partial charge in [0, 0.05) is 0 Å². The Morgan fingerprint density at radius 2 is 1.75 bits per heavy atom. The SMILES string of the molecule is O=c1c(Br)c(I)c1=O. The number of halogens is 2. The number of hydrogen-bond acceptors (Lipinski definition) is 2. The van der Waals surface area contributed by atoms with Crippen molar-refractivity contribution in [1.82, 2.24) is 0 Å². The van der Waals surface area contributed by atoms with Crippen LogP contribution in [0.2, 0.25) is 0 Å². The zero-order chi connectivity index (χ0) is 6.31. The highest BCUT2D eigenvalue weighted by molar-refractivity contribution is 14.1. The molecule has 0 saturated carbocycles. The molecular weight excluding hydrogens is 287 g/mol. The van der Waals surface area contributed by atoms with E-state index in [-0.39, 0.29) is 5.43 Å². The van der Waals surface area contributed by atoms with Gasteiger partial charge in [-0.3, -0.25) is 9.59 Å². The van der Waals surface area contributed by atoms with Gasteiger partial charge >= 0.3 is 0 Å². The molecule has 1 rings (SSSR count). The van der Waals surface area contributed by atoms with E-state index in [0.717, 1.165) is 0 Å². The van der Waals surface area contributed by atoms with Crippen LogP contribution in [0.5, 0.6) is 0 Å². The van der Waals surface area contributed by atoms with Gasteiger partial charge in [0.1, 0.15) is 0 Å². The van der Waals surface area contributed by atoms with Crippen LogP contribution in [0.4, 0.5) is 0 Å². The lowest BCUT2D eigenvalue weighted by molar-refractivity contribution is 1.31. The third-order valence-corrected chi connectivity index (χ3v) is 3.32. The Morgan fingerprint density at radius 3 is 1.88 bits per heavy atom. The molecule has 42 valence electrons. The van der Waals surface area contributed by atoms with Crippen molar-refractivity contribution < 1.29 is 0 Å². The first-order chi connectivity index (χ1) is 3.64. The molecule has 0 bridgehead atoms. The molecule has 0 saturated heterocycles. The zero-order valence-electron chi connectivity index (χ0n) is 3.57. The van der Waals surface area contributed by atoms with Crippen LogP contribution in [0.25, 0.3) is 0 Å². The van der Waals surface area contributed by atoms with E-state index in [1.165, 1.54) is 0 Å². The van der Waals surface area contributed by atoms with Gasteiger partial charge in [0.25, 0.3) is 0 Å². The highest BCUT2D eigenvalue weighted by Crippen LogP contribution is 2.10. The van der Waals surface area contributed by atoms with Crippen molar-refractivity contribution in [3.63, 3.8) is 0 Å². The molecule has 0 aliphatic heterocycles. The Morgan fingerprint density at radius 1 is 1.25 bits per heavy atom. The van der Waals surface area contributed by atoms with Crippen molar-refractivity contribution >= 4 is 38.5 Å². The summed E-state index contributed by atoms with van der Waals surface area (Å²) in [6, 6.07) is 0. The summed E-state index contributed by atoms with van der Waals surface area (Å²) in [7, 11) is 0. The minimum Gasteiger partial charge on any atom is -0.284 e. The van der Waals surface area contributed by atoms with Gasteiger partial charge in [-0.1, -0.05) is 0 Å². The summed E-state index contributed by atoms with van der Waals surface area (Å²) in [6.07, 6.45) is 0. The largest absolute Gasteiger partial charge is 0.284 e. The van der Waals surface area contributed by atoms with Crippen molar-refractivity contribution in [2.45, 2.75) is 0 Å². The quantitative estimate of drug-likeness (QED) is 0.518. The van der Waals surface area contributed by atoms with Gasteiger partial charge in [-0.05, 0) is 38.5 Å². The Labute approximate surface area is 66.9 Å². The molecule has 2 nitrogen and oxygen atoms in total. The molecule has 4 heteroatoms. The molecule has 8 heavy (non-hydrogen) atoms. The smallest absolute Gasteiger partial charge is 0.242 e. The lowest BCUT2D eigenvalue weighted by atomic mass is 10.3. The van der Waals surface area contributed by atoms with Crippen molar-refractivity contribution in [3.8, 4) is 0 Å². The maximum atomic E-state index is 10.3. The summed E-state index contributed by atoms with van der Waals surface area (Å²) in [5.74, 6) is 0. The van der Waals surface area contributed by atoms with Gasteiger partial charge in [0.05, 0.1) is 8.04 Å². The summed E-state index contributed by atoms with van der Waals surface area (Å²) in [6.45, 7) is 0. The fourth-order valence-corrected chi connectivity index (χ4v) is 1.19. The average Bonchev–Trinajstić information content (AvgIpc) is 1.83. The van der Waals surface area contributed by atoms with Crippen LogP contribution in [-0.4, -0.2) is 0 Å². The molecule has 0 heterocycles. The van der Waals surface area contributed by atoms with Gasteiger partial charge < -0.3 is 0 Å². The van der Waals surface area contributed by atoms with E-state index < -0.39 is 5.43 Å². The highest BCUT2D eigenvalue weighted by Gasteiger charge is 2.13. The Bertz CT molecular complexity index is 254. The Balaban J connectivity index is 3.48. The molecule has 0 aliphatic carbocycles. The molecule has 0 amide bonds. The van der Waals surface area contributed by atoms with Crippen LogP contribution in [0.15, 0.2) is 14.1 Å². The molecule has 0 radical (unpaired) electrons. The van der Waals surface area contributed by atoms with E-state index in [1.807, 2.05) is 22.6 Å². The van der Waals surface area contributed by atoms with Gasteiger partial charge in [0.15, 0.2) is 0 Å². The van der Waals surface area contributed by atoms with Crippen LogP contribution < -0.4 is 10.9 Å². The van der Waals surface area contributed by atoms with E-state index >= 15 is 0 Å². The third-order valence-electron chi connectivity index (χ3n) is 0.798. The molecule has 0 atom stereocenters.